The summed E-state index contributed by atoms with van der Waals surface area (Å²) in [6, 6.07) is 42.8. The summed E-state index contributed by atoms with van der Waals surface area (Å²) in [5.41, 5.74) is 5.91. The quantitative estimate of drug-likeness (QED) is 0.161. The molecule has 0 radical (unpaired) electrons. The van der Waals surface area contributed by atoms with E-state index in [1.807, 2.05) is 72.8 Å². The minimum Gasteiger partial charge on any atom is -0.507 e. The Hall–Kier alpha value is -3.71. The predicted molar refractivity (Wildman–Crippen MR) is 159 cm³/mol. The number of hydrogen-bond donors (Lipinski definition) is 1. The Morgan fingerprint density at radius 1 is 0.676 bits per heavy atom. The molecule has 2 nitrogen and oxygen atoms in total. The molecule has 0 saturated carbocycles. The summed E-state index contributed by atoms with van der Waals surface area (Å²) in [5, 5.41) is 12.9. The number of halogens is 1. The fourth-order valence-corrected chi connectivity index (χ4v) is 7.13. The molecule has 4 heteroatoms. The minimum atomic E-state index is -0.636. The van der Waals surface area contributed by atoms with Crippen LogP contribution in [-0.4, -0.2) is 11.3 Å². The van der Waals surface area contributed by atoms with Gasteiger partial charge in [0.25, 0.3) is 0 Å². The van der Waals surface area contributed by atoms with Crippen LogP contribution in [0, 0.1) is 0 Å². The molecule has 0 aliphatic carbocycles. The Morgan fingerprint density at radius 2 is 1.27 bits per heavy atom. The van der Waals surface area contributed by atoms with Crippen LogP contribution in [0.15, 0.2) is 132 Å². The molecular formula is C33H27ClNOP. The normalized spacial score (nSPS) is 11.3. The summed E-state index contributed by atoms with van der Waals surface area (Å²) >= 11 is 6.52. The number of hydrogen-bond acceptors (Lipinski definition) is 2. The first kappa shape index (κ1) is 25.0. The van der Waals surface area contributed by atoms with Crippen molar-refractivity contribution >= 4 is 36.7 Å². The van der Waals surface area contributed by atoms with E-state index in [0.29, 0.717) is 10.6 Å². The van der Waals surface area contributed by atoms with Crippen LogP contribution in [0.1, 0.15) is 16.7 Å². The van der Waals surface area contributed by atoms with Crippen molar-refractivity contribution in [1.82, 2.24) is 0 Å². The maximum absolute atomic E-state index is 11.0. The Kier molecular flexibility index (Phi) is 8.11. The number of nitrogens with zero attached hydrogens (tertiary/aromatic N) is 1. The lowest BCUT2D eigenvalue weighted by atomic mass is 10.0. The van der Waals surface area contributed by atoms with E-state index in [4.69, 9.17) is 16.6 Å². The molecule has 5 aromatic carbocycles. The van der Waals surface area contributed by atoms with E-state index in [2.05, 4.69) is 54.6 Å². The molecule has 0 heterocycles. The smallest absolute Gasteiger partial charge is 0.132 e. The number of rotatable bonds is 8. The van der Waals surface area contributed by atoms with Crippen LogP contribution in [0.25, 0.3) is 11.1 Å². The third-order valence-electron chi connectivity index (χ3n) is 6.21. The molecule has 0 amide bonds. The first-order valence-electron chi connectivity index (χ1n) is 12.2. The van der Waals surface area contributed by atoms with Crippen LogP contribution in [0.4, 0.5) is 5.69 Å². The number of aliphatic imine (C=N–C) groups is 1. The number of benzene rings is 5. The number of phenols is 1. The molecule has 0 bridgehead atoms. The molecule has 0 unspecified atom stereocenters. The largest absolute Gasteiger partial charge is 0.507 e. The van der Waals surface area contributed by atoms with Crippen molar-refractivity contribution in [2.45, 2.75) is 12.3 Å². The molecule has 5 rings (SSSR count). The highest BCUT2D eigenvalue weighted by atomic mass is 35.5. The molecule has 0 fully saturated rings. The highest BCUT2D eigenvalue weighted by Crippen LogP contribution is 2.45. The number of phenolic OH excluding ortho intramolecular Hbond substituents is 1. The van der Waals surface area contributed by atoms with E-state index in [1.165, 1.54) is 11.1 Å². The Labute approximate surface area is 224 Å². The van der Waals surface area contributed by atoms with Crippen LogP contribution in [0.5, 0.6) is 5.75 Å². The molecular weight excluding hydrogens is 493 g/mol. The fraction of sp³-hybridized carbons (Fsp3) is 0.0606. The minimum absolute atomic E-state index is 0.226. The lowest BCUT2D eigenvalue weighted by Gasteiger charge is -2.21. The van der Waals surface area contributed by atoms with Gasteiger partial charge in [0.2, 0.25) is 0 Å². The Bertz CT molecular complexity index is 1450. The van der Waals surface area contributed by atoms with Crippen LogP contribution < -0.4 is 5.30 Å². The zero-order chi connectivity index (χ0) is 25.5. The van der Waals surface area contributed by atoms with Gasteiger partial charge < -0.3 is 5.11 Å². The molecule has 5 aromatic rings. The predicted octanol–water partition coefficient (Wildman–Crippen LogP) is 8.97. The summed E-state index contributed by atoms with van der Waals surface area (Å²) in [6.07, 6.45) is 3.62. The van der Waals surface area contributed by atoms with Crippen molar-refractivity contribution in [2.24, 2.45) is 4.99 Å². The molecule has 0 aromatic heterocycles. The maximum Gasteiger partial charge on any atom is 0.132 e. The number of para-hydroxylation sites is 1. The highest BCUT2D eigenvalue weighted by Gasteiger charge is 2.17. The van der Waals surface area contributed by atoms with Gasteiger partial charge in [0.1, 0.15) is 5.75 Å². The zero-order valence-corrected chi connectivity index (χ0v) is 22.0. The van der Waals surface area contributed by atoms with Gasteiger partial charge in [-0.15, -0.1) is 0 Å². The molecule has 37 heavy (non-hydrogen) atoms. The summed E-state index contributed by atoms with van der Waals surface area (Å²) in [7, 11) is -0.636. The summed E-state index contributed by atoms with van der Waals surface area (Å²) in [6.45, 7) is 0. The van der Waals surface area contributed by atoms with Crippen LogP contribution in [-0.2, 0) is 12.3 Å². The summed E-state index contributed by atoms with van der Waals surface area (Å²) in [5.74, 6) is 0.226. The Morgan fingerprint density at radius 3 is 1.89 bits per heavy atom. The summed E-state index contributed by atoms with van der Waals surface area (Å²) < 4.78 is 0. The van der Waals surface area contributed by atoms with E-state index in [-0.39, 0.29) is 5.75 Å². The van der Waals surface area contributed by atoms with Crippen molar-refractivity contribution in [3.63, 3.8) is 0 Å². The van der Waals surface area contributed by atoms with Crippen LogP contribution in [0.2, 0.25) is 5.02 Å². The van der Waals surface area contributed by atoms with Crippen molar-refractivity contribution in [3.05, 3.63) is 149 Å². The first-order valence-corrected chi connectivity index (χ1v) is 14.3. The second-order valence-electron chi connectivity index (χ2n) is 8.83. The van der Waals surface area contributed by atoms with E-state index in [0.717, 1.165) is 34.4 Å². The number of aromatic hydroxyl groups is 1. The zero-order valence-electron chi connectivity index (χ0n) is 20.3. The highest BCUT2D eigenvalue weighted by molar-refractivity contribution is 7.64. The van der Waals surface area contributed by atoms with Crippen molar-refractivity contribution in [2.75, 3.05) is 0 Å². The summed E-state index contributed by atoms with van der Waals surface area (Å²) in [4.78, 5) is 4.89. The van der Waals surface area contributed by atoms with Gasteiger partial charge in [0.05, 0.1) is 5.69 Å². The maximum atomic E-state index is 11.0. The fourth-order valence-electron chi connectivity index (χ4n) is 4.35. The molecule has 1 N–H and O–H groups in total. The molecule has 0 aliphatic heterocycles. The molecule has 0 saturated heterocycles. The standard InChI is InChI=1S/C33H27ClNOP/c34-29-19-20-31(35-22-28-17-10-18-30(33(28)36)27-15-8-3-9-16-27)32(21-29)37(23-25-11-4-1-5-12-25)24-26-13-6-2-7-14-26/h1-22,36H,23-24H2. The van der Waals surface area contributed by atoms with Crippen LogP contribution in [0.3, 0.4) is 0 Å². The van der Waals surface area contributed by atoms with Gasteiger partial charge in [-0.2, -0.15) is 0 Å². The third kappa shape index (κ3) is 6.35. The van der Waals surface area contributed by atoms with Gasteiger partial charge in [-0.1, -0.05) is 123 Å². The van der Waals surface area contributed by atoms with Gasteiger partial charge in [-0.25, -0.2) is 0 Å². The van der Waals surface area contributed by atoms with Crippen molar-refractivity contribution < 1.29 is 5.11 Å². The van der Waals surface area contributed by atoms with Gasteiger partial charge in [0, 0.05) is 27.7 Å². The van der Waals surface area contributed by atoms with Gasteiger partial charge in [0.15, 0.2) is 0 Å². The molecule has 0 aliphatic rings. The van der Waals surface area contributed by atoms with E-state index >= 15 is 0 Å². The molecule has 0 spiro atoms. The lowest BCUT2D eigenvalue weighted by Crippen LogP contribution is -2.06. The van der Waals surface area contributed by atoms with E-state index in [1.54, 1.807) is 6.21 Å². The first-order chi connectivity index (χ1) is 18.2. The average Bonchev–Trinajstić information content (AvgIpc) is 2.94. The van der Waals surface area contributed by atoms with Crippen molar-refractivity contribution in [3.8, 4) is 16.9 Å². The van der Waals surface area contributed by atoms with Crippen LogP contribution >= 0.6 is 19.5 Å². The third-order valence-corrected chi connectivity index (χ3v) is 8.97. The lowest BCUT2D eigenvalue weighted by molar-refractivity contribution is 0.476. The molecule has 0 atom stereocenters. The van der Waals surface area contributed by atoms with Gasteiger partial charge >= 0.3 is 0 Å². The van der Waals surface area contributed by atoms with E-state index < -0.39 is 7.92 Å². The van der Waals surface area contributed by atoms with Gasteiger partial charge in [-0.05, 0) is 53.3 Å². The average molecular weight is 520 g/mol. The second kappa shape index (κ2) is 12.0. The molecule has 182 valence electrons. The SMILES string of the molecule is Oc1c(C=Nc2ccc(Cl)cc2P(Cc2ccccc2)Cc2ccccc2)cccc1-c1ccccc1. The topological polar surface area (TPSA) is 32.6 Å². The van der Waals surface area contributed by atoms with Gasteiger partial charge in [-0.3, -0.25) is 4.99 Å². The monoisotopic (exact) mass is 519 g/mol. The second-order valence-corrected chi connectivity index (χ2v) is 11.5. The Balaban J connectivity index is 1.52. The van der Waals surface area contributed by atoms with E-state index in [9.17, 15) is 5.11 Å². The van der Waals surface area contributed by atoms with Crippen molar-refractivity contribution in [1.29, 1.82) is 0 Å².